The number of carbonyl (C=O) groups is 4. The molecular weight excluding hydrogens is 364 g/mol. The smallest absolute Gasteiger partial charge is 0.330 e. The first-order valence-electron chi connectivity index (χ1n) is 7.83. The van der Waals surface area contributed by atoms with Crippen molar-refractivity contribution in [3.63, 3.8) is 0 Å². The largest absolute Gasteiger partial charge is 0.465 e. The molecule has 8 nitrogen and oxygen atoms in total. The van der Waals surface area contributed by atoms with Crippen molar-refractivity contribution < 1.29 is 38.1 Å². The summed E-state index contributed by atoms with van der Waals surface area (Å²) in [7, 11) is 0. The van der Waals surface area contributed by atoms with Gasteiger partial charge < -0.3 is 18.9 Å². The summed E-state index contributed by atoms with van der Waals surface area (Å²) in [5.41, 5.74) is -1.28. The second-order valence-corrected chi connectivity index (χ2v) is 5.67. The molecule has 26 heavy (non-hydrogen) atoms. The van der Waals surface area contributed by atoms with Crippen LogP contribution in [0.15, 0.2) is 25.3 Å². The number of carbonyl (C=O) groups excluding carboxylic acids is 4. The van der Waals surface area contributed by atoms with E-state index in [9.17, 15) is 19.2 Å². The minimum absolute atomic E-state index is 0.176. The number of rotatable bonds is 13. The van der Waals surface area contributed by atoms with Crippen LogP contribution in [0.2, 0.25) is 0 Å². The predicted octanol–water partition coefficient (Wildman–Crippen LogP) is 1.25. The van der Waals surface area contributed by atoms with Gasteiger partial charge in [-0.1, -0.05) is 20.1 Å². The number of hydrogen-bond acceptors (Lipinski definition) is 9. The van der Waals surface area contributed by atoms with Gasteiger partial charge in [0.1, 0.15) is 31.8 Å². The van der Waals surface area contributed by atoms with Gasteiger partial charge in [0.2, 0.25) is 0 Å². The van der Waals surface area contributed by atoms with E-state index < -0.39 is 29.3 Å². The van der Waals surface area contributed by atoms with E-state index in [1.807, 2.05) is 0 Å². The predicted molar refractivity (Wildman–Crippen MR) is 95.4 cm³/mol. The normalized spacial score (nSPS) is 10.4. The lowest BCUT2D eigenvalue weighted by molar-refractivity contribution is -0.166. The summed E-state index contributed by atoms with van der Waals surface area (Å²) in [4.78, 5) is 45.9. The van der Waals surface area contributed by atoms with Gasteiger partial charge in [0.15, 0.2) is 0 Å². The van der Waals surface area contributed by atoms with E-state index in [-0.39, 0.29) is 38.6 Å². The first-order valence-corrected chi connectivity index (χ1v) is 8.46. The van der Waals surface area contributed by atoms with Crippen molar-refractivity contribution in [2.45, 2.75) is 19.8 Å². The molecule has 0 bridgehead atoms. The van der Waals surface area contributed by atoms with E-state index in [0.29, 0.717) is 6.42 Å². The molecule has 0 unspecified atom stereocenters. The number of esters is 4. The first-order chi connectivity index (χ1) is 12.3. The molecule has 0 fully saturated rings. The van der Waals surface area contributed by atoms with Gasteiger partial charge in [-0.15, -0.1) is 0 Å². The molecule has 0 saturated heterocycles. The molecule has 0 aromatic carbocycles. The first kappa shape index (κ1) is 23.7. The highest BCUT2D eigenvalue weighted by Crippen LogP contribution is 2.22. The Balaban J connectivity index is 5.31. The van der Waals surface area contributed by atoms with Crippen LogP contribution in [0.3, 0.4) is 0 Å². The second kappa shape index (κ2) is 13.0. The van der Waals surface area contributed by atoms with Crippen molar-refractivity contribution >= 4 is 36.5 Å². The van der Waals surface area contributed by atoms with Crippen molar-refractivity contribution in [2.75, 3.05) is 32.2 Å². The molecule has 0 radical (unpaired) electrons. The van der Waals surface area contributed by atoms with Crippen LogP contribution in [-0.2, 0) is 38.1 Å². The molecule has 0 aliphatic rings. The molecule has 0 spiro atoms. The van der Waals surface area contributed by atoms with E-state index in [2.05, 4.69) is 25.8 Å². The molecule has 0 aromatic rings. The van der Waals surface area contributed by atoms with E-state index in [1.165, 1.54) is 0 Å². The number of thiol groups is 1. The molecule has 0 atom stereocenters. The van der Waals surface area contributed by atoms with Gasteiger partial charge in [-0.2, -0.15) is 12.6 Å². The Morgan fingerprint density at radius 1 is 0.846 bits per heavy atom. The summed E-state index contributed by atoms with van der Waals surface area (Å²) < 4.78 is 20.2. The fourth-order valence-corrected chi connectivity index (χ4v) is 1.70. The average molecular weight is 388 g/mol. The molecule has 9 heteroatoms. The highest BCUT2D eigenvalue weighted by atomic mass is 32.1. The number of ether oxygens (including phenoxy) is 4. The van der Waals surface area contributed by atoms with Gasteiger partial charge in [-0.05, 0) is 6.42 Å². The van der Waals surface area contributed by atoms with Crippen molar-refractivity contribution in [2.24, 2.45) is 5.41 Å². The lowest BCUT2D eigenvalue weighted by atomic mass is 9.92. The van der Waals surface area contributed by atoms with Crippen LogP contribution in [0, 0.1) is 5.41 Å². The average Bonchev–Trinajstić information content (AvgIpc) is 2.65. The molecule has 0 N–H and O–H groups in total. The fourth-order valence-electron chi connectivity index (χ4n) is 1.61. The van der Waals surface area contributed by atoms with Crippen LogP contribution in [0.4, 0.5) is 0 Å². The number of hydrogen-bond donors (Lipinski definition) is 1. The third-order valence-electron chi connectivity index (χ3n) is 3.04. The van der Waals surface area contributed by atoms with Crippen molar-refractivity contribution in [3.8, 4) is 0 Å². The Morgan fingerprint density at radius 2 is 1.27 bits per heavy atom. The maximum atomic E-state index is 11.7. The Hall–Kier alpha value is -2.29. The van der Waals surface area contributed by atoms with E-state index in [0.717, 1.165) is 12.2 Å². The Labute approximate surface area is 157 Å². The molecule has 146 valence electrons. The molecule has 0 aliphatic heterocycles. The van der Waals surface area contributed by atoms with Gasteiger partial charge in [-0.3, -0.25) is 9.59 Å². The van der Waals surface area contributed by atoms with Gasteiger partial charge in [0.25, 0.3) is 0 Å². The van der Waals surface area contributed by atoms with E-state index in [1.54, 1.807) is 6.92 Å². The maximum Gasteiger partial charge on any atom is 0.330 e. The molecule has 0 heterocycles. The Kier molecular flexibility index (Phi) is 11.8. The Bertz CT molecular complexity index is 505. The highest BCUT2D eigenvalue weighted by molar-refractivity contribution is 7.81. The van der Waals surface area contributed by atoms with Gasteiger partial charge in [0.05, 0.1) is 5.75 Å². The Morgan fingerprint density at radius 3 is 1.65 bits per heavy atom. The topological polar surface area (TPSA) is 105 Å². The van der Waals surface area contributed by atoms with Crippen molar-refractivity contribution in [1.82, 2.24) is 0 Å². The third-order valence-corrected chi connectivity index (χ3v) is 3.29. The SMILES string of the molecule is C=CC(=O)OCC(COC(=O)C=C)(COC(=O)CS)COC(=O)CCC. The zero-order chi connectivity index (χ0) is 20.0. The van der Waals surface area contributed by atoms with Crippen molar-refractivity contribution in [1.29, 1.82) is 0 Å². The molecule has 0 saturated carbocycles. The monoisotopic (exact) mass is 388 g/mol. The summed E-state index contributed by atoms with van der Waals surface area (Å²) in [5, 5.41) is 0. The quantitative estimate of drug-likeness (QED) is 0.217. The van der Waals surface area contributed by atoms with Crippen LogP contribution in [0.25, 0.3) is 0 Å². The fraction of sp³-hybridized carbons (Fsp3) is 0.529. The molecular formula is C17H24O8S. The molecule has 0 rings (SSSR count). The van der Waals surface area contributed by atoms with Crippen molar-refractivity contribution in [3.05, 3.63) is 25.3 Å². The minimum atomic E-state index is -1.28. The van der Waals surface area contributed by atoms with Crippen LogP contribution < -0.4 is 0 Å². The molecule has 0 aromatic heterocycles. The molecule has 0 aliphatic carbocycles. The summed E-state index contributed by atoms with van der Waals surface area (Å²) >= 11 is 3.80. The van der Waals surface area contributed by atoms with E-state index in [4.69, 9.17) is 18.9 Å². The minimum Gasteiger partial charge on any atom is -0.465 e. The van der Waals surface area contributed by atoms with Crippen LogP contribution in [-0.4, -0.2) is 56.1 Å². The second-order valence-electron chi connectivity index (χ2n) is 5.35. The summed E-state index contributed by atoms with van der Waals surface area (Å²) in [6.45, 7) is 7.09. The van der Waals surface area contributed by atoms with Crippen LogP contribution in [0.1, 0.15) is 19.8 Å². The summed E-state index contributed by atoms with van der Waals surface area (Å²) in [6.07, 6.45) is 2.66. The molecule has 0 amide bonds. The van der Waals surface area contributed by atoms with Crippen LogP contribution in [0.5, 0.6) is 0 Å². The summed E-state index contributed by atoms with van der Waals surface area (Å²) in [6, 6.07) is 0. The van der Waals surface area contributed by atoms with Crippen LogP contribution >= 0.6 is 12.6 Å². The lowest BCUT2D eigenvalue weighted by Gasteiger charge is -2.31. The zero-order valence-corrected chi connectivity index (χ0v) is 15.6. The lowest BCUT2D eigenvalue weighted by Crippen LogP contribution is -2.43. The summed E-state index contributed by atoms with van der Waals surface area (Å²) in [5.74, 6) is -2.76. The third kappa shape index (κ3) is 9.87. The standard InChI is InChI=1S/C17H24O8S/c1-4-7-15(20)24-11-17(9-22-13(18)5-2,10-23-14(19)6-3)12-25-16(21)8-26/h5-6,26H,2-4,7-12H2,1H3. The zero-order valence-electron chi connectivity index (χ0n) is 14.7. The van der Waals surface area contributed by atoms with Gasteiger partial charge in [-0.25, -0.2) is 9.59 Å². The van der Waals surface area contributed by atoms with Gasteiger partial charge >= 0.3 is 23.9 Å². The highest BCUT2D eigenvalue weighted by Gasteiger charge is 2.37. The van der Waals surface area contributed by atoms with Gasteiger partial charge in [0, 0.05) is 18.6 Å². The maximum absolute atomic E-state index is 11.7. The van der Waals surface area contributed by atoms with E-state index >= 15 is 0 Å².